The summed E-state index contributed by atoms with van der Waals surface area (Å²) in [5, 5.41) is 9.44. The maximum absolute atomic E-state index is 9.44. The predicted octanol–water partition coefficient (Wildman–Crippen LogP) is 2.32. The van der Waals surface area contributed by atoms with Gasteiger partial charge in [-0.15, -0.1) is 0 Å². The minimum absolute atomic E-state index is 0.0953. The lowest BCUT2D eigenvalue weighted by atomic mass is 9.98. The van der Waals surface area contributed by atoms with Gasteiger partial charge in [-0.25, -0.2) is 0 Å². The first-order valence-electron chi connectivity index (χ1n) is 5.11. The van der Waals surface area contributed by atoms with Gasteiger partial charge < -0.3 is 9.84 Å². The molecule has 1 aliphatic rings. The molecular formula is C12H16O2. The average Bonchev–Trinajstić information content (AvgIpc) is 2.65. The summed E-state index contributed by atoms with van der Waals surface area (Å²) in [7, 11) is 1.67. The molecule has 2 unspecified atom stereocenters. The number of rotatable bonds is 2. The normalized spacial score (nSPS) is 26.4. The van der Waals surface area contributed by atoms with E-state index in [-0.39, 0.29) is 6.10 Å². The van der Waals surface area contributed by atoms with Crippen LogP contribution in [-0.2, 0) is 0 Å². The third-order valence-corrected chi connectivity index (χ3v) is 2.99. The fraction of sp³-hybridized carbons (Fsp3) is 0.500. The van der Waals surface area contributed by atoms with E-state index >= 15 is 0 Å². The third-order valence-electron chi connectivity index (χ3n) is 2.99. The zero-order valence-electron chi connectivity index (χ0n) is 8.44. The van der Waals surface area contributed by atoms with E-state index in [1.807, 2.05) is 12.1 Å². The number of methoxy groups -OCH3 is 1. The Morgan fingerprint density at radius 3 is 2.43 bits per heavy atom. The fourth-order valence-corrected chi connectivity index (χ4v) is 2.14. The molecule has 0 heterocycles. The van der Waals surface area contributed by atoms with E-state index < -0.39 is 0 Å². The summed E-state index contributed by atoms with van der Waals surface area (Å²) in [4.78, 5) is 0. The molecule has 0 spiro atoms. The lowest BCUT2D eigenvalue weighted by Gasteiger charge is -2.10. The Labute approximate surface area is 84.5 Å². The molecule has 0 saturated heterocycles. The van der Waals surface area contributed by atoms with Crippen LogP contribution in [0, 0.1) is 0 Å². The van der Waals surface area contributed by atoms with Crippen LogP contribution < -0.4 is 4.74 Å². The van der Waals surface area contributed by atoms with Crippen molar-refractivity contribution in [3.63, 3.8) is 0 Å². The molecule has 0 bridgehead atoms. The van der Waals surface area contributed by atoms with E-state index in [9.17, 15) is 5.11 Å². The van der Waals surface area contributed by atoms with E-state index in [2.05, 4.69) is 12.1 Å². The quantitative estimate of drug-likeness (QED) is 0.779. The number of aliphatic hydroxyl groups excluding tert-OH is 1. The molecule has 2 nitrogen and oxygen atoms in total. The molecule has 0 amide bonds. The summed E-state index contributed by atoms with van der Waals surface area (Å²) in [6.07, 6.45) is 2.86. The lowest BCUT2D eigenvalue weighted by molar-refractivity contribution is 0.181. The molecule has 0 aliphatic heterocycles. The van der Waals surface area contributed by atoms with Gasteiger partial charge in [0.2, 0.25) is 0 Å². The second kappa shape index (κ2) is 4.01. The van der Waals surface area contributed by atoms with E-state index in [0.717, 1.165) is 25.0 Å². The zero-order chi connectivity index (χ0) is 9.97. The summed E-state index contributed by atoms with van der Waals surface area (Å²) in [5.41, 5.74) is 1.32. The molecule has 2 heteroatoms. The molecular weight excluding hydrogens is 176 g/mol. The highest BCUT2D eigenvalue weighted by Crippen LogP contribution is 2.34. The number of aliphatic hydroxyl groups is 1. The van der Waals surface area contributed by atoms with Crippen molar-refractivity contribution in [2.24, 2.45) is 0 Å². The first-order chi connectivity index (χ1) is 6.79. The van der Waals surface area contributed by atoms with Crippen LogP contribution in [0.3, 0.4) is 0 Å². The van der Waals surface area contributed by atoms with Gasteiger partial charge in [0, 0.05) is 0 Å². The Hall–Kier alpha value is -1.02. The molecule has 2 atom stereocenters. The standard InChI is InChI=1S/C12H16O2/c1-14-12-6-3-9(4-7-12)10-2-5-11(13)8-10/h3-4,6-7,10-11,13H,2,5,8H2,1H3. The molecule has 2 rings (SSSR count). The van der Waals surface area contributed by atoms with E-state index in [1.165, 1.54) is 5.56 Å². The van der Waals surface area contributed by atoms with Gasteiger partial charge in [0.1, 0.15) is 5.75 Å². The van der Waals surface area contributed by atoms with Gasteiger partial charge in [0.05, 0.1) is 13.2 Å². The minimum Gasteiger partial charge on any atom is -0.497 e. The second-order valence-electron chi connectivity index (χ2n) is 3.94. The SMILES string of the molecule is COc1ccc(C2CCC(O)C2)cc1. The Kier molecular flexibility index (Phi) is 2.73. The highest BCUT2D eigenvalue weighted by Gasteiger charge is 2.23. The van der Waals surface area contributed by atoms with Crippen LogP contribution in [0.2, 0.25) is 0 Å². The van der Waals surface area contributed by atoms with Crippen molar-refractivity contribution in [1.82, 2.24) is 0 Å². The van der Waals surface area contributed by atoms with Crippen LogP contribution in [0.4, 0.5) is 0 Å². The molecule has 0 aromatic heterocycles. The van der Waals surface area contributed by atoms with Crippen molar-refractivity contribution in [2.75, 3.05) is 7.11 Å². The van der Waals surface area contributed by atoms with Gasteiger partial charge >= 0.3 is 0 Å². The average molecular weight is 192 g/mol. The second-order valence-corrected chi connectivity index (χ2v) is 3.94. The maximum Gasteiger partial charge on any atom is 0.118 e. The molecule has 1 fully saturated rings. The van der Waals surface area contributed by atoms with Gasteiger partial charge in [-0.2, -0.15) is 0 Å². The largest absolute Gasteiger partial charge is 0.497 e. The van der Waals surface area contributed by atoms with Crippen LogP contribution in [0.25, 0.3) is 0 Å². The molecule has 1 aromatic carbocycles. The third kappa shape index (κ3) is 1.90. The molecule has 1 aromatic rings. The highest BCUT2D eigenvalue weighted by molar-refractivity contribution is 5.29. The predicted molar refractivity (Wildman–Crippen MR) is 55.6 cm³/mol. The van der Waals surface area contributed by atoms with Crippen molar-refractivity contribution in [1.29, 1.82) is 0 Å². The molecule has 76 valence electrons. The van der Waals surface area contributed by atoms with Crippen LogP contribution in [-0.4, -0.2) is 18.3 Å². The molecule has 0 radical (unpaired) electrons. The number of benzene rings is 1. The molecule has 1 N–H and O–H groups in total. The lowest BCUT2D eigenvalue weighted by Crippen LogP contribution is -1.99. The molecule has 14 heavy (non-hydrogen) atoms. The monoisotopic (exact) mass is 192 g/mol. The van der Waals surface area contributed by atoms with E-state index in [4.69, 9.17) is 4.74 Å². The molecule has 1 aliphatic carbocycles. The Morgan fingerprint density at radius 2 is 1.93 bits per heavy atom. The van der Waals surface area contributed by atoms with Crippen molar-refractivity contribution in [3.8, 4) is 5.75 Å². The Morgan fingerprint density at radius 1 is 1.21 bits per heavy atom. The van der Waals surface area contributed by atoms with Crippen molar-refractivity contribution in [2.45, 2.75) is 31.3 Å². The van der Waals surface area contributed by atoms with Crippen LogP contribution in [0.15, 0.2) is 24.3 Å². The zero-order valence-corrected chi connectivity index (χ0v) is 8.44. The summed E-state index contributed by atoms with van der Waals surface area (Å²) in [5.74, 6) is 1.43. The van der Waals surface area contributed by atoms with Gasteiger partial charge in [0.15, 0.2) is 0 Å². The number of ether oxygens (including phenoxy) is 1. The van der Waals surface area contributed by atoms with Crippen molar-refractivity contribution in [3.05, 3.63) is 29.8 Å². The van der Waals surface area contributed by atoms with Gasteiger partial charge in [0.25, 0.3) is 0 Å². The summed E-state index contributed by atoms with van der Waals surface area (Å²) in [6, 6.07) is 8.17. The fourth-order valence-electron chi connectivity index (χ4n) is 2.14. The summed E-state index contributed by atoms with van der Waals surface area (Å²) < 4.78 is 5.10. The number of hydrogen-bond donors (Lipinski definition) is 1. The Bertz CT molecular complexity index is 292. The van der Waals surface area contributed by atoms with Crippen LogP contribution in [0.1, 0.15) is 30.7 Å². The first kappa shape index (κ1) is 9.53. The van der Waals surface area contributed by atoms with Gasteiger partial charge in [-0.3, -0.25) is 0 Å². The maximum atomic E-state index is 9.44. The Balaban J connectivity index is 2.09. The minimum atomic E-state index is -0.0953. The molecule has 1 saturated carbocycles. The topological polar surface area (TPSA) is 29.5 Å². The van der Waals surface area contributed by atoms with Gasteiger partial charge in [-0.1, -0.05) is 12.1 Å². The number of hydrogen-bond acceptors (Lipinski definition) is 2. The van der Waals surface area contributed by atoms with Crippen molar-refractivity contribution >= 4 is 0 Å². The first-order valence-corrected chi connectivity index (χ1v) is 5.11. The summed E-state index contributed by atoms with van der Waals surface area (Å²) in [6.45, 7) is 0. The van der Waals surface area contributed by atoms with E-state index in [0.29, 0.717) is 5.92 Å². The van der Waals surface area contributed by atoms with Crippen molar-refractivity contribution < 1.29 is 9.84 Å². The summed E-state index contributed by atoms with van der Waals surface area (Å²) >= 11 is 0. The van der Waals surface area contributed by atoms with Crippen LogP contribution in [0.5, 0.6) is 5.75 Å². The highest BCUT2D eigenvalue weighted by atomic mass is 16.5. The van der Waals surface area contributed by atoms with Gasteiger partial charge in [-0.05, 0) is 42.9 Å². The smallest absolute Gasteiger partial charge is 0.118 e. The van der Waals surface area contributed by atoms with Crippen LogP contribution >= 0.6 is 0 Å². The van der Waals surface area contributed by atoms with E-state index in [1.54, 1.807) is 7.11 Å².